The maximum atomic E-state index is 12.9. The van der Waals surface area contributed by atoms with Gasteiger partial charge in [-0.1, -0.05) is 39.0 Å². The zero-order valence-electron chi connectivity index (χ0n) is 20.6. The Morgan fingerprint density at radius 1 is 1.17 bits per heavy atom. The molecule has 36 heavy (non-hydrogen) atoms. The number of sulfone groups is 1. The van der Waals surface area contributed by atoms with Gasteiger partial charge in [-0.3, -0.25) is 4.79 Å². The molecule has 0 unspecified atom stereocenters. The Morgan fingerprint density at radius 3 is 2.47 bits per heavy atom. The highest BCUT2D eigenvalue weighted by molar-refractivity contribution is 7.91. The number of benzene rings is 2. The molecule has 0 spiro atoms. The second-order valence-corrected chi connectivity index (χ2v) is 11.5. The lowest BCUT2D eigenvalue weighted by Gasteiger charge is -2.37. The average Bonchev–Trinajstić information content (AvgIpc) is 2.90. The van der Waals surface area contributed by atoms with Crippen LogP contribution in [0.4, 0.5) is 5.95 Å². The average molecular weight is 504 g/mol. The van der Waals surface area contributed by atoms with Crippen molar-refractivity contribution in [3.8, 4) is 6.07 Å². The van der Waals surface area contributed by atoms with Gasteiger partial charge in [-0.25, -0.2) is 18.4 Å². The lowest BCUT2D eigenvalue weighted by atomic mass is 9.82. The molecule has 3 aromatic rings. The Morgan fingerprint density at radius 2 is 1.86 bits per heavy atom. The Hall–Kier alpha value is -3.77. The van der Waals surface area contributed by atoms with E-state index in [2.05, 4.69) is 34.0 Å². The van der Waals surface area contributed by atoms with Crippen molar-refractivity contribution < 1.29 is 13.2 Å². The van der Waals surface area contributed by atoms with E-state index in [1.807, 2.05) is 24.3 Å². The van der Waals surface area contributed by atoms with Crippen LogP contribution in [0.5, 0.6) is 0 Å². The third-order valence-electron chi connectivity index (χ3n) is 6.55. The van der Waals surface area contributed by atoms with Crippen molar-refractivity contribution in [1.82, 2.24) is 15.3 Å². The molecule has 1 aliphatic heterocycles. The Labute approximate surface area is 211 Å². The van der Waals surface area contributed by atoms with Crippen LogP contribution in [0.15, 0.2) is 59.8 Å². The molecule has 1 atom stereocenters. The topological polar surface area (TPSA) is 116 Å². The molecule has 0 aliphatic carbocycles. The molecule has 8 nitrogen and oxygen atoms in total. The van der Waals surface area contributed by atoms with Crippen molar-refractivity contribution in [2.75, 3.05) is 17.2 Å². The molecule has 2 aromatic carbocycles. The zero-order chi connectivity index (χ0) is 25.9. The molecule has 9 heteroatoms. The van der Waals surface area contributed by atoms with Gasteiger partial charge in [0.1, 0.15) is 6.07 Å². The zero-order valence-corrected chi connectivity index (χ0v) is 21.4. The molecule has 1 aromatic heterocycles. The van der Waals surface area contributed by atoms with E-state index < -0.39 is 9.84 Å². The van der Waals surface area contributed by atoms with E-state index in [1.165, 1.54) is 18.0 Å². The largest absolute Gasteiger partial charge is 0.348 e. The molecule has 0 bridgehead atoms. The van der Waals surface area contributed by atoms with Gasteiger partial charge in [0.2, 0.25) is 5.95 Å². The molecule has 0 saturated carbocycles. The van der Waals surface area contributed by atoms with Gasteiger partial charge in [-0.2, -0.15) is 5.26 Å². The number of carbonyl (C=O) groups excluding carboxylic acids is 1. The molecule has 4 rings (SSSR count). The van der Waals surface area contributed by atoms with E-state index in [9.17, 15) is 13.2 Å². The van der Waals surface area contributed by atoms with Crippen LogP contribution in [0, 0.1) is 17.2 Å². The first kappa shape index (κ1) is 25.3. The van der Waals surface area contributed by atoms with Crippen molar-refractivity contribution in [1.29, 1.82) is 5.26 Å². The highest BCUT2D eigenvalue weighted by atomic mass is 32.2. The number of aromatic nitrogens is 2. The monoisotopic (exact) mass is 503 g/mol. The first-order chi connectivity index (χ1) is 17.2. The number of nitrogens with zero attached hydrogens (tertiary/aromatic N) is 4. The number of nitriles is 1. The van der Waals surface area contributed by atoms with Crippen molar-refractivity contribution in [3.05, 3.63) is 82.7 Å². The molecule has 0 radical (unpaired) electrons. The lowest BCUT2D eigenvalue weighted by molar-refractivity contribution is 0.0950. The summed E-state index contributed by atoms with van der Waals surface area (Å²) in [6.45, 7) is 7.58. The van der Waals surface area contributed by atoms with E-state index in [4.69, 9.17) is 5.26 Å². The third-order valence-corrected chi connectivity index (χ3v) is 8.30. The molecular weight excluding hydrogens is 474 g/mol. The first-order valence-electron chi connectivity index (χ1n) is 11.9. The second kappa shape index (κ2) is 10.5. The van der Waals surface area contributed by atoms with E-state index in [-0.39, 0.29) is 22.5 Å². The highest BCUT2D eigenvalue weighted by Gasteiger charge is 2.29. The van der Waals surface area contributed by atoms with Gasteiger partial charge in [-0.05, 0) is 46.9 Å². The summed E-state index contributed by atoms with van der Waals surface area (Å²) in [5.74, 6) is 1.05. The molecule has 0 saturated heterocycles. The number of nitrogens with one attached hydrogen (secondary N) is 1. The van der Waals surface area contributed by atoms with Crippen LogP contribution < -0.4 is 10.2 Å². The molecular formula is C27H29N5O3S. The van der Waals surface area contributed by atoms with Crippen molar-refractivity contribution in [2.45, 2.75) is 44.7 Å². The van der Waals surface area contributed by atoms with Crippen LogP contribution >= 0.6 is 0 Å². The van der Waals surface area contributed by atoms with Gasteiger partial charge in [0, 0.05) is 31.1 Å². The molecule has 186 valence electrons. The number of hydrogen-bond donors (Lipinski definition) is 1. The maximum absolute atomic E-state index is 12.9. The van der Waals surface area contributed by atoms with Gasteiger partial charge in [0.25, 0.3) is 5.91 Å². The minimum Gasteiger partial charge on any atom is -0.348 e. The Balaban J connectivity index is 1.50. The molecule has 0 fully saturated rings. The Kier molecular flexibility index (Phi) is 7.36. The standard InChI is InChI=1S/C27H29N5O3S/c1-4-36(34,35)23-8-5-19(6-9-23)13-29-26(33)21-7-10-24-22(11-21)16-32(17-25(24)18(2)3)27-30-14-20(12-28)15-31-27/h5-11,14-15,18,25H,4,13,16-17H2,1-3H3,(H,29,33)/t25-/m1/s1. The first-order valence-corrected chi connectivity index (χ1v) is 13.6. The van der Waals surface area contributed by atoms with Gasteiger partial charge < -0.3 is 10.2 Å². The van der Waals surface area contributed by atoms with E-state index in [0.29, 0.717) is 36.1 Å². The van der Waals surface area contributed by atoms with Gasteiger partial charge in [-0.15, -0.1) is 0 Å². The van der Waals surface area contributed by atoms with Crippen LogP contribution in [-0.4, -0.2) is 36.6 Å². The predicted molar refractivity (Wildman–Crippen MR) is 137 cm³/mol. The maximum Gasteiger partial charge on any atom is 0.251 e. The number of amides is 1. The van der Waals surface area contributed by atoms with Crippen LogP contribution in [0.1, 0.15) is 59.3 Å². The highest BCUT2D eigenvalue weighted by Crippen LogP contribution is 2.35. The van der Waals surface area contributed by atoms with Gasteiger partial charge in [0.15, 0.2) is 9.84 Å². The summed E-state index contributed by atoms with van der Waals surface area (Å²) in [6.07, 6.45) is 3.05. The molecule has 1 amide bonds. The second-order valence-electron chi connectivity index (χ2n) is 9.26. The van der Waals surface area contributed by atoms with Crippen LogP contribution in [-0.2, 0) is 22.9 Å². The smallest absolute Gasteiger partial charge is 0.251 e. The number of rotatable bonds is 7. The fraction of sp³-hybridized carbons (Fsp3) is 0.333. The fourth-order valence-corrected chi connectivity index (χ4v) is 5.27. The molecule has 1 aliphatic rings. The number of anilines is 1. The summed E-state index contributed by atoms with van der Waals surface area (Å²) in [7, 11) is -3.25. The third kappa shape index (κ3) is 5.39. The van der Waals surface area contributed by atoms with Crippen molar-refractivity contribution in [2.24, 2.45) is 5.92 Å². The molecule has 2 heterocycles. The van der Waals surface area contributed by atoms with Crippen LogP contribution in [0.25, 0.3) is 0 Å². The van der Waals surface area contributed by atoms with E-state index in [1.54, 1.807) is 31.2 Å². The summed E-state index contributed by atoms with van der Waals surface area (Å²) in [5, 5.41) is 12.0. The summed E-state index contributed by atoms with van der Waals surface area (Å²) >= 11 is 0. The predicted octanol–water partition coefficient (Wildman–Crippen LogP) is 3.83. The van der Waals surface area contributed by atoms with Gasteiger partial charge in [0.05, 0.1) is 28.6 Å². The summed E-state index contributed by atoms with van der Waals surface area (Å²) in [4.78, 5) is 24.0. The Bertz CT molecular complexity index is 1390. The summed E-state index contributed by atoms with van der Waals surface area (Å²) in [5.41, 5.74) is 4.07. The summed E-state index contributed by atoms with van der Waals surface area (Å²) in [6, 6.07) is 14.4. The quantitative estimate of drug-likeness (QED) is 0.521. The van der Waals surface area contributed by atoms with E-state index in [0.717, 1.165) is 17.7 Å². The van der Waals surface area contributed by atoms with Crippen LogP contribution in [0.2, 0.25) is 0 Å². The number of hydrogen-bond acceptors (Lipinski definition) is 7. The van der Waals surface area contributed by atoms with Crippen LogP contribution in [0.3, 0.4) is 0 Å². The lowest BCUT2D eigenvalue weighted by Crippen LogP contribution is -2.37. The SMILES string of the molecule is CCS(=O)(=O)c1ccc(CNC(=O)c2ccc3c(c2)CN(c2ncc(C#N)cn2)C[C@@H]3C(C)C)cc1. The van der Waals surface area contributed by atoms with E-state index >= 15 is 0 Å². The minimum absolute atomic E-state index is 0.0494. The number of fused-ring (bicyclic) bond motifs is 1. The summed E-state index contributed by atoms with van der Waals surface area (Å²) < 4.78 is 24.0. The number of carbonyl (C=O) groups is 1. The van der Waals surface area contributed by atoms with Gasteiger partial charge >= 0.3 is 0 Å². The van der Waals surface area contributed by atoms with Crippen molar-refractivity contribution >= 4 is 21.7 Å². The minimum atomic E-state index is -3.25. The van der Waals surface area contributed by atoms with Crippen molar-refractivity contribution in [3.63, 3.8) is 0 Å². The normalized spacial score (nSPS) is 15.3. The molecule has 1 N–H and O–H groups in total. The fourth-order valence-electron chi connectivity index (χ4n) is 4.38.